The minimum absolute atomic E-state index is 0.515. The minimum Gasteiger partial charge on any atom is -0.298 e. The fraction of sp³-hybridized carbons (Fsp3) is 0. The molecule has 2 aromatic rings. The molecule has 0 amide bonds. The van der Waals surface area contributed by atoms with Crippen LogP contribution < -0.4 is 0 Å². The van der Waals surface area contributed by atoms with Crippen LogP contribution in [0.3, 0.4) is 0 Å². The molecule has 86 valence electrons. The molecule has 1 aromatic heterocycles. The maximum atomic E-state index is 10.9. The summed E-state index contributed by atoms with van der Waals surface area (Å²) in [5, 5.41) is 1.68. The second-order valence-corrected chi connectivity index (χ2v) is 4.98. The fourth-order valence-corrected chi connectivity index (χ4v) is 2.68. The maximum Gasteiger partial charge on any atom is 0.151 e. The van der Waals surface area contributed by atoms with Gasteiger partial charge in [-0.25, -0.2) is 4.98 Å². The number of aromatic nitrogens is 1. The van der Waals surface area contributed by atoms with Gasteiger partial charge in [-0.15, -0.1) is 0 Å². The standard InChI is InChI=1S/C12H7Cl2NOS/c13-9-4-1-3-8(7-16)11(9)17-12-10(14)5-2-6-15-12/h1-7H. The molecule has 0 N–H and O–H groups in total. The van der Waals surface area contributed by atoms with E-state index >= 15 is 0 Å². The molecule has 1 heterocycles. The first-order chi connectivity index (χ1) is 8.22. The summed E-state index contributed by atoms with van der Waals surface area (Å²) < 4.78 is 0. The van der Waals surface area contributed by atoms with E-state index in [2.05, 4.69) is 4.98 Å². The van der Waals surface area contributed by atoms with E-state index in [4.69, 9.17) is 23.2 Å². The predicted molar refractivity (Wildman–Crippen MR) is 70.2 cm³/mol. The number of carbonyl (C=O) groups is 1. The summed E-state index contributed by atoms with van der Waals surface area (Å²) in [6, 6.07) is 8.66. The van der Waals surface area contributed by atoms with Gasteiger partial charge in [-0.3, -0.25) is 4.79 Å². The second-order valence-electron chi connectivity index (χ2n) is 3.17. The number of carbonyl (C=O) groups excluding carboxylic acids is 1. The van der Waals surface area contributed by atoms with Gasteiger partial charge in [0.25, 0.3) is 0 Å². The van der Waals surface area contributed by atoms with Crippen molar-refractivity contribution < 1.29 is 4.79 Å². The van der Waals surface area contributed by atoms with E-state index < -0.39 is 0 Å². The van der Waals surface area contributed by atoms with Gasteiger partial charge in [-0.05, 0) is 18.2 Å². The van der Waals surface area contributed by atoms with E-state index in [0.717, 1.165) is 6.29 Å². The van der Waals surface area contributed by atoms with Crippen molar-refractivity contribution in [2.24, 2.45) is 0 Å². The summed E-state index contributed by atoms with van der Waals surface area (Å²) in [7, 11) is 0. The molecule has 2 rings (SSSR count). The Kier molecular flexibility index (Phi) is 4.05. The average molecular weight is 284 g/mol. The average Bonchev–Trinajstić information content (AvgIpc) is 2.34. The molecule has 0 fully saturated rings. The lowest BCUT2D eigenvalue weighted by molar-refractivity contribution is 0.112. The number of rotatable bonds is 3. The Balaban J connectivity index is 2.43. The van der Waals surface area contributed by atoms with Crippen LogP contribution in [0.5, 0.6) is 0 Å². The quantitative estimate of drug-likeness (QED) is 0.785. The van der Waals surface area contributed by atoms with Crippen LogP contribution in [0.2, 0.25) is 10.0 Å². The topological polar surface area (TPSA) is 30.0 Å². The van der Waals surface area contributed by atoms with Crippen molar-refractivity contribution >= 4 is 41.2 Å². The number of aldehydes is 1. The zero-order valence-corrected chi connectivity index (χ0v) is 10.9. The molecular formula is C12H7Cl2NOS. The molecular weight excluding hydrogens is 277 g/mol. The van der Waals surface area contributed by atoms with Crippen LogP contribution in [0.1, 0.15) is 10.4 Å². The van der Waals surface area contributed by atoms with Crippen molar-refractivity contribution in [2.45, 2.75) is 9.92 Å². The first-order valence-corrected chi connectivity index (χ1v) is 6.31. The molecule has 2 nitrogen and oxygen atoms in total. The van der Waals surface area contributed by atoms with Gasteiger partial charge < -0.3 is 0 Å². The van der Waals surface area contributed by atoms with E-state index in [0.29, 0.717) is 25.5 Å². The number of nitrogens with zero attached hydrogens (tertiary/aromatic N) is 1. The van der Waals surface area contributed by atoms with Gasteiger partial charge in [0.2, 0.25) is 0 Å². The Hall–Kier alpha value is -1.03. The van der Waals surface area contributed by atoms with Crippen molar-refractivity contribution in [3.63, 3.8) is 0 Å². The molecule has 0 spiro atoms. The summed E-state index contributed by atoms with van der Waals surface area (Å²) in [6.45, 7) is 0. The number of benzene rings is 1. The molecule has 1 aromatic carbocycles. The van der Waals surface area contributed by atoms with Crippen molar-refractivity contribution in [1.82, 2.24) is 4.98 Å². The molecule has 17 heavy (non-hydrogen) atoms. The molecule has 0 aliphatic carbocycles. The van der Waals surface area contributed by atoms with Crippen LogP contribution in [0.15, 0.2) is 46.5 Å². The first-order valence-electron chi connectivity index (χ1n) is 4.74. The number of hydrogen-bond donors (Lipinski definition) is 0. The van der Waals surface area contributed by atoms with Crippen LogP contribution >= 0.6 is 35.0 Å². The fourth-order valence-electron chi connectivity index (χ4n) is 1.27. The maximum absolute atomic E-state index is 10.9. The van der Waals surface area contributed by atoms with Gasteiger partial charge in [0.1, 0.15) is 5.03 Å². The highest BCUT2D eigenvalue weighted by atomic mass is 35.5. The van der Waals surface area contributed by atoms with Gasteiger partial charge in [0, 0.05) is 16.7 Å². The summed E-state index contributed by atoms with van der Waals surface area (Å²) in [4.78, 5) is 15.7. The Morgan fingerprint density at radius 2 is 1.88 bits per heavy atom. The van der Waals surface area contributed by atoms with Crippen LogP contribution in [0, 0.1) is 0 Å². The number of hydrogen-bond acceptors (Lipinski definition) is 3. The third kappa shape index (κ3) is 2.80. The van der Waals surface area contributed by atoms with Gasteiger partial charge >= 0.3 is 0 Å². The van der Waals surface area contributed by atoms with Crippen LogP contribution in [-0.2, 0) is 0 Å². The molecule has 0 saturated carbocycles. The monoisotopic (exact) mass is 283 g/mol. The number of halogens is 2. The van der Waals surface area contributed by atoms with Gasteiger partial charge in [0.05, 0.1) is 10.0 Å². The van der Waals surface area contributed by atoms with Crippen molar-refractivity contribution in [1.29, 1.82) is 0 Å². The molecule has 0 saturated heterocycles. The normalized spacial score (nSPS) is 10.2. The lowest BCUT2D eigenvalue weighted by atomic mass is 10.2. The first kappa shape index (κ1) is 12.4. The zero-order valence-electron chi connectivity index (χ0n) is 8.56. The molecule has 0 atom stereocenters. The summed E-state index contributed by atoms with van der Waals surface area (Å²) >= 11 is 13.4. The smallest absolute Gasteiger partial charge is 0.151 e. The highest BCUT2D eigenvalue weighted by Gasteiger charge is 2.11. The van der Waals surface area contributed by atoms with E-state index in [-0.39, 0.29) is 0 Å². The highest BCUT2D eigenvalue weighted by molar-refractivity contribution is 7.99. The lowest BCUT2D eigenvalue weighted by Crippen LogP contribution is -1.88. The second kappa shape index (κ2) is 5.54. The van der Waals surface area contributed by atoms with E-state index in [1.165, 1.54) is 11.8 Å². The molecule has 5 heteroatoms. The largest absolute Gasteiger partial charge is 0.298 e. The third-order valence-electron chi connectivity index (χ3n) is 2.05. The van der Waals surface area contributed by atoms with Crippen molar-refractivity contribution in [3.8, 4) is 0 Å². The van der Waals surface area contributed by atoms with Crippen LogP contribution in [-0.4, -0.2) is 11.3 Å². The van der Waals surface area contributed by atoms with Crippen LogP contribution in [0.4, 0.5) is 0 Å². The van der Waals surface area contributed by atoms with Crippen molar-refractivity contribution in [3.05, 3.63) is 52.1 Å². The molecule has 0 aliphatic heterocycles. The van der Waals surface area contributed by atoms with E-state index in [1.54, 1.807) is 36.5 Å². The summed E-state index contributed by atoms with van der Waals surface area (Å²) in [5.74, 6) is 0. The predicted octanol–water partition coefficient (Wildman–Crippen LogP) is 4.35. The Morgan fingerprint density at radius 3 is 2.59 bits per heavy atom. The molecule has 0 radical (unpaired) electrons. The highest BCUT2D eigenvalue weighted by Crippen LogP contribution is 2.37. The molecule has 0 unspecified atom stereocenters. The lowest BCUT2D eigenvalue weighted by Gasteiger charge is -2.07. The summed E-state index contributed by atoms with van der Waals surface area (Å²) in [6.07, 6.45) is 2.41. The van der Waals surface area contributed by atoms with Crippen LogP contribution in [0.25, 0.3) is 0 Å². The Labute approximate surface area is 113 Å². The SMILES string of the molecule is O=Cc1cccc(Cl)c1Sc1ncccc1Cl. The van der Waals surface area contributed by atoms with Crippen molar-refractivity contribution in [2.75, 3.05) is 0 Å². The van der Waals surface area contributed by atoms with Gasteiger partial charge in [0.15, 0.2) is 6.29 Å². The molecule has 0 bridgehead atoms. The Morgan fingerprint density at radius 1 is 1.12 bits per heavy atom. The van der Waals surface area contributed by atoms with Gasteiger partial charge in [-0.2, -0.15) is 0 Å². The molecule has 0 aliphatic rings. The van der Waals surface area contributed by atoms with E-state index in [9.17, 15) is 4.79 Å². The van der Waals surface area contributed by atoms with E-state index in [1.807, 2.05) is 0 Å². The summed E-state index contributed by atoms with van der Waals surface area (Å²) in [5.41, 5.74) is 0.532. The zero-order chi connectivity index (χ0) is 12.3. The third-order valence-corrected chi connectivity index (χ3v) is 4.07. The number of pyridine rings is 1. The van der Waals surface area contributed by atoms with Gasteiger partial charge in [-0.1, -0.05) is 47.1 Å². The minimum atomic E-state index is 0.515. The Bertz CT molecular complexity index is 560.